The molecule has 0 aromatic heterocycles. The molecule has 1 saturated heterocycles. The number of imide groups is 2. The fourth-order valence-corrected chi connectivity index (χ4v) is 3.92. The summed E-state index contributed by atoms with van der Waals surface area (Å²) in [6, 6.07) is 1.21. The first-order chi connectivity index (χ1) is 13.2. The Morgan fingerprint density at radius 2 is 2.00 bits per heavy atom. The van der Waals surface area contributed by atoms with Gasteiger partial charge >= 0.3 is 0 Å². The fourth-order valence-electron chi connectivity index (χ4n) is 3.92. The average Bonchev–Trinajstić information content (AvgIpc) is 3.39. The zero-order valence-electron chi connectivity index (χ0n) is 15.4. The molecule has 4 rings (SSSR count). The summed E-state index contributed by atoms with van der Waals surface area (Å²) < 4.78 is 14.5. The molecule has 0 radical (unpaired) electrons. The number of hydrogen-bond acceptors (Lipinski definition) is 6. The molecular weight excluding hydrogens is 367 g/mol. The normalized spacial score (nSPS) is 24.1. The van der Waals surface area contributed by atoms with Crippen molar-refractivity contribution in [3.8, 4) is 0 Å². The first-order valence-electron chi connectivity index (χ1n) is 9.29. The number of halogens is 1. The molecule has 148 valence electrons. The second-order valence-corrected chi connectivity index (χ2v) is 7.80. The van der Waals surface area contributed by atoms with Crippen LogP contribution in [0.15, 0.2) is 12.1 Å². The lowest BCUT2D eigenvalue weighted by atomic mass is 9.98. The molecule has 8 nitrogen and oxygen atoms in total. The largest absolute Gasteiger partial charge is 0.381 e. The monoisotopic (exact) mass is 388 g/mol. The molecule has 4 N–H and O–H groups in total. The van der Waals surface area contributed by atoms with E-state index >= 15 is 0 Å². The van der Waals surface area contributed by atoms with Gasteiger partial charge < -0.3 is 11.1 Å². The number of nitrogens with two attached hydrogens (primary N) is 1. The second-order valence-electron chi connectivity index (χ2n) is 7.80. The third-order valence-corrected chi connectivity index (χ3v) is 6.03. The van der Waals surface area contributed by atoms with E-state index in [4.69, 9.17) is 5.73 Å². The van der Waals surface area contributed by atoms with Crippen LogP contribution < -0.4 is 16.4 Å². The number of nitrogens with zero attached hydrogens (tertiary/aromatic N) is 1. The van der Waals surface area contributed by atoms with Crippen LogP contribution in [0.3, 0.4) is 0 Å². The van der Waals surface area contributed by atoms with E-state index in [-0.39, 0.29) is 41.1 Å². The molecule has 2 unspecified atom stereocenters. The molecule has 0 spiro atoms. The minimum absolute atomic E-state index is 0.0280. The van der Waals surface area contributed by atoms with Gasteiger partial charge in [0.05, 0.1) is 16.8 Å². The van der Waals surface area contributed by atoms with Crippen molar-refractivity contribution < 1.29 is 23.6 Å². The molecule has 1 saturated carbocycles. The predicted molar refractivity (Wildman–Crippen MR) is 96.9 cm³/mol. The van der Waals surface area contributed by atoms with E-state index in [1.165, 1.54) is 6.07 Å². The number of anilines is 1. The van der Waals surface area contributed by atoms with Crippen molar-refractivity contribution in [2.45, 2.75) is 44.7 Å². The number of carbonyl (C=O) groups excluding carboxylic acids is 4. The Kier molecular flexibility index (Phi) is 4.22. The summed E-state index contributed by atoms with van der Waals surface area (Å²) in [5.74, 6) is -3.19. The van der Waals surface area contributed by atoms with Crippen LogP contribution >= 0.6 is 0 Å². The van der Waals surface area contributed by atoms with Gasteiger partial charge in [-0.15, -0.1) is 0 Å². The number of rotatable bonds is 5. The number of amides is 4. The fraction of sp³-hybridized carbons (Fsp3) is 0.474. The third-order valence-electron chi connectivity index (χ3n) is 6.03. The van der Waals surface area contributed by atoms with Gasteiger partial charge in [0.2, 0.25) is 11.8 Å². The van der Waals surface area contributed by atoms with E-state index in [0.29, 0.717) is 6.54 Å². The lowest BCUT2D eigenvalue weighted by Gasteiger charge is -2.28. The minimum Gasteiger partial charge on any atom is -0.381 e. The standard InChI is InChI=1S/C19H21FN4O4/c1-9(21)19(6-7-19)8-22-15-11(20)3-2-10-14(15)18(28)24(17(10)27)12-4-5-13(25)23-16(12)26/h2-3,9,12,22H,4-8,21H2,1H3,(H,23,25,26). The summed E-state index contributed by atoms with van der Waals surface area (Å²) in [6.45, 7) is 2.28. The highest BCUT2D eigenvalue weighted by Gasteiger charge is 2.48. The summed E-state index contributed by atoms with van der Waals surface area (Å²) in [7, 11) is 0. The van der Waals surface area contributed by atoms with Gasteiger partial charge in [-0.25, -0.2) is 4.39 Å². The number of carbonyl (C=O) groups is 4. The van der Waals surface area contributed by atoms with Gasteiger partial charge in [-0.1, -0.05) is 0 Å². The van der Waals surface area contributed by atoms with Crippen molar-refractivity contribution in [1.82, 2.24) is 10.2 Å². The summed E-state index contributed by atoms with van der Waals surface area (Å²) in [6.07, 6.45) is 1.89. The van der Waals surface area contributed by atoms with Gasteiger partial charge in [-0.3, -0.25) is 29.4 Å². The van der Waals surface area contributed by atoms with E-state index in [2.05, 4.69) is 10.6 Å². The minimum atomic E-state index is -1.08. The molecule has 2 fully saturated rings. The Bertz CT molecular complexity index is 909. The molecule has 2 aliphatic heterocycles. The highest BCUT2D eigenvalue weighted by atomic mass is 19.1. The Labute approximate surface area is 160 Å². The molecule has 28 heavy (non-hydrogen) atoms. The van der Waals surface area contributed by atoms with Crippen molar-refractivity contribution in [1.29, 1.82) is 0 Å². The Morgan fingerprint density at radius 1 is 1.29 bits per heavy atom. The summed E-state index contributed by atoms with van der Waals surface area (Å²) in [5, 5.41) is 5.12. The molecule has 2 atom stereocenters. The van der Waals surface area contributed by atoms with Crippen molar-refractivity contribution in [3.63, 3.8) is 0 Å². The first-order valence-corrected chi connectivity index (χ1v) is 9.29. The lowest BCUT2D eigenvalue weighted by Crippen LogP contribution is -2.54. The zero-order valence-corrected chi connectivity index (χ0v) is 15.4. The number of fused-ring (bicyclic) bond motifs is 1. The zero-order chi connectivity index (χ0) is 20.2. The van der Waals surface area contributed by atoms with Gasteiger partial charge in [-0.2, -0.15) is 0 Å². The topological polar surface area (TPSA) is 122 Å². The maximum Gasteiger partial charge on any atom is 0.264 e. The van der Waals surface area contributed by atoms with Crippen LogP contribution in [-0.2, 0) is 9.59 Å². The summed E-state index contributed by atoms with van der Waals surface area (Å²) in [4.78, 5) is 50.1. The van der Waals surface area contributed by atoms with Crippen LogP contribution in [0.5, 0.6) is 0 Å². The summed E-state index contributed by atoms with van der Waals surface area (Å²) >= 11 is 0. The third kappa shape index (κ3) is 2.77. The molecular formula is C19H21FN4O4. The molecule has 2 heterocycles. The van der Waals surface area contributed by atoms with Crippen molar-refractivity contribution in [2.24, 2.45) is 11.1 Å². The lowest BCUT2D eigenvalue weighted by molar-refractivity contribution is -0.136. The van der Waals surface area contributed by atoms with E-state index in [1.807, 2.05) is 6.92 Å². The second kappa shape index (κ2) is 6.37. The Hall–Kier alpha value is -2.81. The van der Waals surface area contributed by atoms with E-state index in [9.17, 15) is 23.6 Å². The van der Waals surface area contributed by atoms with Crippen LogP contribution in [0.2, 0.25) is 0 Å². The van der Waals surface area contributed by atoms with Crippen molar-refractivity contribution >= 4 is 29.3 Å². The van der Waals surface area contributed by atoms with E-state index < -0.39 is 35.5 Å². The number of nitrogens with one attached hydrogen (secondary N) is 2. The van der Waals surface area contributed by atoms with Crippen LogP contribution in [0.1, 0.15) is 53.3 Å². The van der Waals surface area contributed by atoms with Gasteiger partial charge in [0.1, 0.15) is 11.9 Å². The maximum absolute atomic E-state index is 14.5. The van der Waals surface area contributed by atoms with E-state index in [1.54, 1.807) is 0 Å². The molecule has 4 amide bonds. The average molecular weight is 388 g/mol. The highest BCUT2D eigenvalue weighted by Crippen LogP contribution is 2.48. The predicted octanol–water partition coefficient (Wildman–Crippen LogP) is 0.766. The van der Waals surface area contributed by atoms with Gasteiger partial charge in [0.15, 0.2) is 0 Å². The van der Waals surface area contributed by atoms with Crippen LogP contribution in [0, 0.1) is 11.2 Å². The van der Waals surface area contributed by atoms with Crippen molar-refractivity contribution in [3.05, 3.63) is 29.1 Å². The van der Waals surface area contributed by atoms with Crippen LogP contribution in [-0.4, -0.2) is 47.2 Å². The van der Waals surface area contributed by atoms with Gasteiger partial charge in [-0.05, 0) is 38.3 Å². The Morgan fingerprint density at radius 3 is 2.61 bits per heavy atom. The maximum atomic E-state index is 14.5. The van der Waals surface area contributed by atoms with Gasteiger partial charge in [0, 0.05) is 24.4 Å². The molecule has 0 bridgehead atoms. The molecule has 1 aromatic rings. The van der Waals surface area contributed by atoms with Gasteiger partial charge in [0.25, 0.3) is 11.8 Å². The summed E-state index contributed by atoms with van der Waals surface area (Å²) in [5.41, 5.74) is 5.79. The smallest absolute Gasteiger partial charge is 0.264 e. The number of piperidine rings is 1. The quantitative estimate of drug-likeness (QED) is 0.641. The SMILES string of the molecule is CC(N)C1(CNc2c(F)ccc3c2C(=O)N(C2CCC(=O)NC2=O)C3=O)CC1. The van der Waals surface area contributed by atoms with Crippen LogP contribution in [0.25, 0.3) is 0 Å². The Balaban J connectivity index is 1.65. The molecule has 3 aliphatic rings. The molecule has 9 heteroatoms. The molecule has 1 aliphatic carbocycles. The molecule has 1 aromatic carbocycles. The first kappa shape index (κ1) is 18.5. The van der Waals surface area contributed by atoms with Crippen LogP contribution in [0.4, 0.5) is 10.1 Å². The number of benzene rings is 1. The van der Waals surface area contributed by atoms with E-state index in [0.717, 1.165) is 23.8 Å². The highest BCUT2D eigenvalue weighted by molar-refractivity contribution is 6.25. The number of hydrogen-bond donors (Lipinski definition) is 3. The van der Waals surface area contributed by atoms with Crippen molar-refractivity contribution in [2.75, 3.05) is 11.9 Å².